The molecule has 4 rings (SSSR count). The number of nitrogens with one attached hydrogen (secondary N) is 1. The van der Waals surface area contributed by atoms with Crippen LogP contribution in [0.4, 0.5) is 23.2 Å². The molecule has 0 bridgehead atoms. The quantitative estimate of drug-likeness (QED) is 0.323. The standard InChI is InChI=1S/C26H21F4N3O3S/c1-16-22(25(34)32-18-7-9-20(10-8-18)37(2,35)36)15-33(14-19-5-3-4-12-31-19)24(16)21-11-6-17(27)13-23(21)26(28,29)30/h3-13,15H,14H2,1-2H3,(H,32,34). The van der Waals surface area contributed by atoms with Crippen LogP contribution in [0.2, 0.25) is 0 Å². The molecule has 1 amide bonds. The molecule has 1 N–H and O–H groups in total. The highest BCUT2D eigenvalue weighted by Gasteiger charge is 2.36. The Balaban J connectivity index is 1.80. The molecule has 0 aliphatic heterocycles. The van der Waals surface area contributed by atoms with E-state index in [1.807, 2.05) is 0 Å². The van der Waals surface area contributed by atoms with Gasteiger partial charge >= 0.3 is 6.18 Å². The van der Waals surface area contributed by atoms with Gasteiger partial charge in [0.25, 0.3) is 5.91 Å². The van der Waals surface area contributed by atoms with Crippen molar-refractivity contribution in [2.24, 2.45) is 0 Å². The molecule has 0 unspecified atom stereocenters. The fourth-order valence-electron chi connectivity index (χ4n) is 3.98. The van der Waals surface area contributed by atoms with Crippen LogP contribution >= 0.6 is 0 Å². The number of carbonyl (C=O) groups is 1. The number of benzene rings is 2. The van der Waals surface area contributed by atoms with Gasteiger partial charge in [0, 0.05) is 29.9 Å². The van der Waals surface area contributed by atoms with E-state index in [1.165, 1.54) is 48.1 Å². The van der Waals surface area contributed by atoms with E-state index in [2.05, 4.69) is 10.3 Å². The number of aromatic nitrogens is 2. The lowest BCUT2D eigenvalue weighted by Crippen LogP contribution is -2.12. The first-order valence-electron chi connectivity index (χ1n) is 10.9. The smallest absolute Gasteiger partial charge is 0.340 e. The number of pyridine rings is 1. The van der Waals surface area contributed by atoms with Crippen LogP contribution in [-0.4, -0.2) is 30.1 Å². The third-order valence-corrected chi connectivity index (χ3v) is 6.85. The topological polar surface area (TPSA) is 81.1 Å². The van der Waals surface area contributed by atoms with Crippen molar-refractivity contribution < 1.29 is 30.8 Å². The summed E-state index contributed by atoms with van der Waals surface area (Å²) < 4.78 is 80.2. The largest absolute Gasteiger partial charge is 0.417 e. The van der Waals surface area contributed by atoms with E-state index in [0.29, 0.717) is 17.4 Å². The minimum Gasteiger partial charge on any atom is -0.340 e. The molecule has 6 nitrogen and oxygen atoms in total. The van der Waals surface area contributed by atoms with Gasteiger partial charge in [0.15, 0.2) is 9.84 Å². The number of rotatable bonds is 6. The van der Waals surface area contributed by atoms with E-state index < -0.39 is 33.3 Å². The molecule has 0 radical (unpaired) electrons. The molecule has 11 heteroatoms. The van der Waals surface area contributed by atoms with Gasteiger partial charge in [-0.25, -0.2) is 12.8 Å². The molecular formula is C26H21F4N3O3S. The highest BCUT2D eigenvalue weighted by molar-refractivity contribution is 7.90. The van der Waals surface area contributed by atoms with Crippen LogP contribution in [0, 0.1) is 12.7 Å². The van der Waals surface area contributed by atoms with Gasteiger partial charge in [0.1, 0.15) is 5.82 Å². The van der Waals surface area contributed by atoms with Crippen molar-refractivity contribution in [3.05, 3.63) is 101 Å². The summed E-state index contributed by atoms with van der Waals surface area (Å²) in [6.45, 7) is 1.57. The van der Waals surface area contributed by atoms with E-state index in [-0.39, 0.29) is 33.8 Å². The van der Waals surface area contributed by atoms with Gasteiger partial charge in [0.2, 0.25) is 0 Å². The van der Waals surface area contributed by atoms with E-state index >= 15 is 0 Å². The van der Waals surface area contributed by atoms with Crippen molar-refractivity contribution in [3.63, 3.8) is 0 Å². The maximum Gasteiger partial charge on any atom is 0.417 e. The maximum absolute atomic E-state index is 13.9. The number of nitrogens with zero attached hydrogens (tertiary/aromatic N) is 2. The molecule has 2 aromatic heterocycles. The van der Waals surface area contributed by atoms with Gasteiger partial charge in [-0.15, -0.1) is 0 Å². The minimum atomic E-state index is -4.84. The Kier molecular flexibility index (Phi) is 6.92. The van der Waals surface area contributed by atoms with E-state index in [9.17, 15) is 30.8 Å². The van der Waals surface area contributed by atoms with Crippen molar-refractivity contribution in [1.29, 1.82) is 0 Å². The summed E-state index contributed by atoms with van der Waals surface area (Å²) in [5.74, 6) is -1.65. The molecule has 0 fully saturated rings. The summed E-state index contributed by atoms with van der Waals surface area (Å²) in [5, 5.41) is 2.64. The number of halogens is 4. The van der Waals surface area contributed by atoms with Gasteiger partial charge in [-0.3, -0.25) is 9.78 Å². The van der Waals surface area contributed by atoms with E-state index in [1.54, 1.807) is 18.2 Å². The molecule has 0 spiro atoms. The number of hydrogen-bond donors (Lipinski definition) is 1. The number of amides is 1. The zero-order chi connectivity index (χ0) is 27.0. The third kappa shape index (κ3) is 5.72. The Hall–Kier alpha value is -3.99. The number of carbonyl (C=O) groups excluding carboxylic acids is 1. The highest BCUT2D eigenvalue weighted by Crippen LogP contribution is 2.40. The number of hydrogen-bond acceptors (Lipinski definition) is 4. The molecule has 0 aliphatic rings. The van der Waals surface area contributed by atoms with Crippen molar-refractivity contribution in [1.82, 2.24) is 9.55 Å². The SMILES string of the molecule is Cc1c(C(=O)Nc2ccc(S(C)(=O)=O)cc2)cn(Cc2ccccn2)c1-c1ccc(F)cc1C(F)(F)F. The molecule has 0 aliphatic carbocycles. The van der Waals surface area contributed by atoms with Crippen LogP contribution in [0.1, 0.15) is 27.2 Å². The highest BCUT2D eigenvalue weighted by atomic mass is 32.2. The maximum atomic E-state index is 13.9. The number of alkyl halides is 3. The lowest BCUT2D eigenvalue weighted by atomic mass is 9.99. The molecule has 2 heterocycles. The summed E-state index contributed by atoms with van der Waals surface area (Å²) in [5.41, 5.74) is -0.172. The van der Waals surface area contributed by atoms with Gasteiger partial charge < -0.3 is 9.88 Å². The predicted molar refractivity (Wildman–Crippen MR) is 130 cm³/mol. The van der Waals surface area contributed by atoms with Gasteiger partial charge in [0.05, 0.1) is 34.0 Å². The lowest BCUT2D eigenvalue weighted by Gasteiger charge is -2.16. The Bertz CT molecular complexity index is 1560. The van der Waals surface area contributed by atoms with Crippen molar-refractivity contribution >= 4 is 21.4 Å². The van der Waals surface area contributed by atoms with Gasteiger partial charge in [-0.1, -0.05) is 6.07 Å². The second kappa shape index (κ2) is 9.81. The first-order chi connectivity index (χ1) is 17.3. The van der Waals surface area contributed by atoms with Crippen LogP contribution in [-0.2, 0) is 22.6 Å². The minimum absolute atomic E-state index is 0.0576. The zero-order valence-electron chi connectivity index (χ0n) is 19.7. The first kappa shape index (κ1) is 26.1. The molecule has 0 saturated heterocycles. The lowest BCUT2D eigenvalue weighted by molar-refractivity contribution is -0.137. The molecule has 0 atom stereocenters. The number of sulfone groups is 1. The zero-order valence-corrected chi connectivity index (χ0v) is 20.5. The summed E-state index contributed by atoms with van der Waals surface area (Å²) in [6.07, 6.45) is -0.824. The Morgan fingerprint density at radius 1 is 1.05 bits per heavy atom. The molecule has 37 heavy (non-hydrogen) atoms. The normalized spacial score (nSPS) is 11.9. The molecule has 0 saturated carbocycles. The molecule has 4 aromatic rings. The average Bonchev–Trinajstić information content (AvgIpc) is 3.14. The summed E-state index contributed by atoms with van der Waals surface area (Å²) in [4.78, 5) is 17.5. The number of anilines is 1. The molecule has 2 aromatic carbocycles. The van der Waals surface area contributed by atoms with Crippen molar-refractivity contribution in [3.8, 4) is 11.3 Å². The van der Waals surface area contributed by atoms with Gasteiger partial charge in [-0.05, 0) is 67.1 Å². The fourth-order valence-corrected chi connectivity index (χ4v) is 4.61. The Labute approximate surface area is 210 Å². The van der Waals surface area contributed by atoms with Crippen LogP contribution in [0.3, 0.4) is 0 Å². The molecular weight excluding hydrogens is 510 g/mol. The van der Waals surface area contributed by atoms with Crippen LogP contribution < -0.4 is 5.32 Å². The Morgan fingerprint density at radius 3 is 2.35 bits per heavy atom. The monoisotopic (exact) mass is 531 g/mol. The second-order valence-corrected chi connectivity index (χ2v) is 10.4. The third-order valence-electron chi connectivity index (χ3n) is 5.72. The first-order valence-corrected chi connectivity index (χ1v) is 12.8. The van der Waals surface area contributed by atoms with Crippen molar-refractivity contribution in [2.45, 2.75) is 24.5 Å². The predicted octanol–water partition coefficient (Wildman–Crippen LogP) is 5.72. The van der Waals surface area contributed by atoms with Crippen LogP contribution in [0.15, 0.2) is 78.0 Å². The fraction of sp³-hybridized carbons (Fsp3) is 0.154. The Morgan fingerprint density at radius 2 is 1.76 bits per heavy atom. The van der Waals surface area contributed by atoms with E-state index in [0.717, 1.165) is 18.4 Å². The average molecular weight is 532 g/mol. The summed E-state index contributed by atoms with van der Waals surface area (Å²) in [7, 11) is -3.43. The summed E-state index contributed by atoms with van der Waals surface area (Å²) in [6, 6.07) is 13.0. The van der Waals surface area contributed by atoms with Gasteiger partial charge in [-0.2, -0.15) is 13.2 Å². The second-order valence-electron chi connectivity index (χ2n) is 8.40. The van der Waals surface area contributed by atoms with Crippen LogP contribution in [0.25, 0.3) is 11.3 Å². The summed E-state index contributed by atoms with van der Waals surface area (Å²) >= 11 is 0. The van der Waals surface area contributed by atoms with Crippen molar-refractivity contribution in [2.75, 3.05) is 11.6 Å². The molecule has 192 valence electrons. The van der Waals surface area contributed by atoms with E-state index in [4.69, 9.17) is 0 Å². The van der Waals surface area contributed by atoms with Crippen LogP contribution in [0.5, 0.6) is 0 Å².